The van der Waals surface area contributed by atoms with Crippen LogP contribution >= 0.6 is 0 Å². The van der Waals surface area contributed by atoms with Gasteiger partial charge in [-0.25, -0.2) is 0 Å². The molecule has 0 bridgehead atoms. The first-order chi connectivity index (χ1) is 12.0. The van der Waals surface area contributed by atoms with Gasteiger partial charge >= 0.3 is 0 Å². The largest absolute Gasteiger partial charge is 0.481 e. The third-order valence-corrected chi connectivity index (χ3v) is 4.40. The van der Waals surface area contributed by atoms with Crippen molar-refractivity contribution in [3.05, 3.63) is 63.7 Å². The lowest BCUT2D eigenvalue weighted by atomic mass is 10.0. The highest BCUT2D eigenvalue weighted by Crippen LogP contribution is 2.28. The molecule has 130 valence electrons. The molecule has 1 atom stereocenters. The number of nitro benzene ring substituents is 1. The molecule has 0 spiro atoms. The van der Waals surface area contributed by atoms with Gasteiger partial charge < -0.3 is 9.64 Å². The van der Waals surface area contributed by atoms with Gasteiger partial charge in [0.15, 0.2) is 6.10 Å². The Hall–Kier alpha value is -2.89. The Bertz CT molecular complexity index is 819. The molecule has 0 fully saturated rings. The van der Waals surface area contributed by atoms with Crippen LogP contribution in [0.4, 0.5) is 11.4 Å². The molecule has 0 aromatic heterocycles. The van der Waals surface area contributed by atoms with E-state index in [2.05, 4.69) is 0 Å². The van der Waals surface area contributed by atoms with Crippen molar-refractivity contribution >= 4 is 17.3 Å². The Morgan fingerprint density at radius 1 is 1.28 bits per heavy atom. The lowest BCUT2D eigenvalue weighted by molar-refractivity contribution is -0.385. The van der Waals surface area contributed by atoms with Crippen LogP contribution in [0.1, 0.15) is 24.5 Å². The SMILES string of the molecule is Cc1cc(OC(C)C(=O)N2CCCc3ccccc32)ccc1[N+](=O)[O-]. The maximum atomic E-state index is 12.8. The molecule has 2 aromatic carbocycles. The standard InChI is InChI=1S/C19H20N2O4/c1-13-12-16(9-10-17(13)21(23)24)25-14(2)19(22)20-11-5-7-15-6-3-4-8-18(15)20/h3-4,6,8-10,12,14H,5,7,11H2,1-2H3. The molecule has 0 radical (unpaired) electrons. The molecule has 0 N–H and O–H groups in total. The number of benzene rings is 2. The second-order valence-corrected chi connectivity index (χ2v) is 6.19. The molecule has 1 amide bonds. The molecular formula is C19H20N2O4. The number of nitrogens with zero attached hydrogens (tertiary/aromatic N) is 2. The Kier molecular flexibility index (Phi) is 4.70. The molecule has 1 aliphatic rings. The van der Waals surface area contributed by atoms with Gasteiger partial charge in [0, 0.05) is 23.9 Å². The first-order valence-corrected chi connectivity index (χ1v) is 8.28. The minimum Gasteiger partial charge on any atom is -0.481 e. The van der Waals surface area contributed by atoms with Crippen molar-refractivity contribution in [3.63, 3.8) is 0 Å². The van der Waals surface area contributed by atoms with Crippen molar-refractivity contribution in [3.8, 4) is 5.75 Å². The molecule has 1 aliphatic heterocycles. The fourth-order valence-electron chi connectivity index (χ4n) is 3.14. The van der Waals surface area contributed by atoms with E-state index in [1.54, 1.807) is 24.8 Å². The molecule has 25 heavy (non-hydrogen) atoms. The van der Waals surface area contributed by atoms with Crippen LogP contribution in [0.5, 0.6) is 5.75 Å². The molecular weight excluding hydrogens is 320 g/mol. The normalized spacial score (nSPS) is 14.6. The summed E-state index contributed by atoms with van der Waals surface area (Å²) in [5.41, 5.74) is 2.65. The summed E-state index contributed by atoms with van der Waals surface area (Å²) < 4.78 is 5.75. The fourth-order valence-corrected chi connectivity index (χ4v) is 3.14. The number of anilines is 1. The Labute approximate surface area is 146 Å². The molecule has 0 saturated carbocycles. The third kappa shape index (κ3) is 3.47. The van der Waals surface area contributed by atoms with Gasteiger partial charge in [0.25, 0.3) is 11.6 Å². The van der Waals surface area contributed by atoms with Crippen molar-refractivity contribution in [2.24, 2.45) is 0 Å². The lowest BCUT2D eigenvalue weighted by Gasteiger charge is -2.31. The van der Waals surface area contributed by atoms with E-state index >= 15 is 0 Å². The zero-order valence-electron chi connectivity index (χ0n) is 14.3. The molecule has 0 saturated heterocycles. The lowest BCUT2D eigenvalue weighted by Crippen LogP contribution is -2.43. The molecule has 1 heterocycles. The van der Waals surface area contributed by atoms with Gasteiger partial charge in [-0.1, -0.05) is 18.2 Å². The molecule has 6 nitrogen and oxygen atoms in total. The van der Waals surface area contributed by atoms with Crippen molar-refractivity contribution in [2.75, 3.05) is 11.4 Å². The number of amides is 1. The van der Waals surface area contributed by atoms with Gasteiger partial charge in [0.2, 0.25) is 0 Å². The second-order valence-electron chi connectivity index (χ2n) is 6.19. The van der Waals surface area contributed by atoms with Crippen LogP contribution in [0.25, 0.3) is 0 Å². The van der Waals surface area contributed by atoms with Crippen LogP contribution in [0.2, 0.25) is 0 Å². The quantitative estimate of drug-likeness (QED) is 0.629. The van der Waals surface area contributed by atoms with Gasteiger partial charge in [-0.05, 0) is 50.5 Å². The summed E-state index contributed by atoms with van der Waals surface area (Å²) in [6.07, 6.45) is 1.22. The number of aryl methyl sites for hydroxylation is 2. The summed E-state index contributed by atoms with van der Waals surface area (Å²) in [7, 11) is 0. The average molecular weight is 340 g/mol. The van der Waals surface area contributed by atoms with Gasteiger partial charge in [-0.15, -0.1) is 0 Å². The molecule has 2 aromatic rings. The van der Waals surface area contributed by atoms with Crippen LogP contribution in [0, 0.1) is 17.0 Å². The summed E-state index contributed by atoms with van der Waals surface area (Å²) in [6, 6.07) is 12.4. The maximum absolute atomic E-state index is 12.8. The van der Waals surface area contributed by atoms with Crippen molar-refractivity contribution in [1.29, 1.82) is 0 Å². The van der Waals surface area contributed by atoms with Crippen LogP contribution in [-0.2, 0) is 11.2 Å². The predicted molar refractivity (Wildman–Crippen MR) is 95.0 cm³/mol. The van der Waals surface area contributed by atoms with Crippen molar-refractivity contribution in [1.82, 2.24) is 0 Å². The van der Waals surface area contributed by atoms with Crippen LogP contribution in [0.3, 0.4) is 0 Å². The van der Waals surface area contributed by atoms with Crippen LogP contribution in [-0.4, -0.2) is 23.5 Å². The van der Waals surface area contributed by atoms with E-state index in [0.717, 1.165) is 18.5 Å². The first kappa shape index (κ1) is 17.0. The van der Waals surface area contributed by atoms with Gasteiger partial charge in [0.1, 0.15) is 5.75 Å². The molecule has 1 unspecified atom stereocenters. The van der Waals surface area contributed by atoms with Crippen LogP contribution < -0.4 is 9.64 Å². The Morgan fingerprint density at radius 3 is 2.76 bits per heavy atom. The maximum Gasteiger partial charge on any atom is 0.272 e. The number of carbonyl (C=O) groups is 1. The van der Waals surface area contributed by atoms with Gasteiger partial charge in [0.05, 0.1) is 4.92 Å². The van der Waals surface area contributed by atoms with Crippen molar-refractivity contribution < 1.29 is 14.5 Å². The zero-order chi connectivity index (χ0) is 18.0. The van der Waals surface area contributed by atoms with Crippen molar-refractivity contribution in [2.45, 2.75) is 32.8 Å². The summed E-state index contributed by atoms with van der Waals surface area (Å²) >= 11 is 0. The average Bonchev–Trinajstić information content (AvgIpc) is 2.60. The van der Waals surface area contributed by atoms with E-state index in [4.69, 9.17) is 4.74 Å². The number of rotatable bonds is 4. The van der Waals surface area contributed by atoms with Crippen LogP contribution in [0.15, 0.2) is 42.5 Å². The predicted octanol–water partition coefficient (Wildman–Crippen LogP) is 3.65. The highest BCUT2D eigenvalue weighted by molar-refractivity contribution is 5.97. The number of nitro groups is 1. The van der Waals surface area contributed by atoms with E-state index in [1.807, 2.05) is 24.3 Å². The number of hydrogen-bond acceptors (Lipinski definition) is 4. The number of fused-ring (bicyclic) bond motifs is 1. The second kappa shape index (κ2) is 6.93. The Morgan fingerprint density at radius 2 is 2.04 bits per heavy atom. The summed E-state index contributed by atoms with van der Waals surface area (Å²) in [5, 5.41) is 10.9. The first-order valence-electron chi connectivity index (χ1n) is 8.28. The minimum absolute atomic E-state index is 0.0382. The van der Waals surface area contributed by atoms with Gasteiger partial charge in [-0.3, -0.25) is 14.9 Å². The minimum atomic E-state index is -0.674. The smallest absolute Gasteiger partial charge is 0.272 e. The monoisotopic (exact) mass is 340 g/mol. The summed E-state index contributed by atoms with van der Waals surface area (Å²) in [6.45, 7) is 4.03. The Balaban J connectivity index is 1.76. The number of para-hydroxylation sites is 1. The van der Waals surface area contributed by atoms with E-state index in [1.165, 1.54) is 17.7 Å². The fraction of sp³-hybridized carbons (Fsp3) is 0.316. The molecule has 6 heteroatoms. The number of hydrogen-bond donors (Lipinski definition) is 0. The van der Waals surface area contributed by atoms with E-state index in [0.29, 0.717) is 17.9 Å². The zero-order valence-corrected chi connectivity index (χ0v) is 14.3. The third-order valence-electron chi connectivity index (χ3n) is 4.40. The summed E-state index contributed by atoms with van der Waals surface area (Å²) in [5.74, 6) is 0.345. The molecule has 3 rings (SSSR count). The van der Waals surface area contributed by atoms with E-state index < -0.39 is 11.0 Å². The topological polar surface area (TPSA) is 72.7 Å². The molecule has 0 aliphatic carbocycles. The van der Waals surface area contributed by atoms with Gasteiger partial charge in [-0.2, -0.15) is 0 Å². The van der Waals surface area contributed by atoms with E-state index in [9.17, 15) is 14.9 Å². The number of carbonyl (C=O) groups excluding carboxylic acids is 1. The van der Waals surface area contributed by atoms with E-state index in [-0.39, 0.29) is 11.6 Å². The highest BCUT2D eigenvalue weighted by atomic mass is 16.6. The number of ether oxygens (including phenoxy) is 1. The highest BCUT2D eigenvalue weighted by Gasteiger charge is 2.27. The summed E-state index contributed by atoms with van der Waals surface area (Å²) in [4.78, 5) is 25.0.